The lowest BCUT2D eigenvalue weighted by Gasteiger charge is -1.83. The summed E-state index contributed by atoms with van der Waals surface area (Å²) in [6.45, 7) is 0. The molecule has 68 valence electrons. The van der Waals surface area contributed by atoms with E-state index in [4.69, 9.17) is 0 Å². The predicted molar refractivity (Wildman–Crippen MR) is 43.8 cm³/mol. The van der Waals surface area contributed by atoms with Gasteiger partial charge < -0.3 is 15.1 Å². The molecule has 0 unspecified atom stereocenters. The third kappa shape index (κ3) is 3.14. The van der Waals surface area contributed by atoms with Gasteiger partial charge in [0.2, 0.25) is 0 Å². The van der Waals surface area contributed by atoms with Crippen molar-refractivity contribution >= 4 is 5.95 Å². The second-order valence-corrected chi connectivity index (χ2v) is 1.93. The maximum Gasteiger partial charge on any atom is 0.432 e. The number of nitrogens with one attached hydrogen (secondary N) is 2. The topological polar surface area (TPSA) is 100 Å². The summed E-state index contributed by atoms with van der Waals surface area (Å²) in [6.07, 6.45) is 7.82. The van der Waals surface area contributed by atoms with Gasteiger partial charge in [0.25, 0.3) is 0 Å². The monoisotopic (exact) mass is 181 g/mol. The average molecular weight is 181 g/mol. The highest BCUT2D eigenvalue weighted by molar-refractivity contribution is 5.00. The predicted octanol–water partition coefficient (Wildman–Crippen LogP) is 0.728. The molecule has 0 aromatic carbocycles. The molecule has 7 heteroatoms. The molecule has 2 rings (SSSR count). The second kappa shape index (κ2) is 4.65. The van der Waals surface area contributed by atoms with Crippen molar-refractivity contribution in [2.75, 3.05) is 0 Å². The largest absolute Gasteiger partial charge is 0.432 e. The normalized spacial score (nSPS) is 8.62. The van der Waals surface area contributed by atoms with Crippen LogP contribution in [-0.4, -0.2) is 24.9 Å². The lowest BCUT2D eigenvalue weighted by molar-refractivity contribution is -0.393. The van der Waals surface area contributed by atoms with Gasteiger partial charge in [-0.05, 0) is 4.92 Å². The van der Waals surface area contributed by atoms with Gasteiger partial charge in [-0.3, -0.25) is 0 Å². The highest BCUT2D eigenvalue weighted by Gasteiger charge is 2.01. The third-order valence-electron chi connectivity index (χ3n) is 1.06. The van der Waals surface area contributed by atoms with Crippen LogP contribution < -0.4 is 0 Å². The number of aromatic amines is 2. The van der Waals surface area contributed by atoms with Crippen LogP contribution in [0.4, 0.5) is 5.95 Å². The quantitative estimate of drug-likeness (QED) is 0.500. The Hall–Kier alpha value is -2.18. The van der Waals surface area contributed by atoms with E-state index in [2.05, 4.69) is 19.9 Å². The van der Waals surface area contributed by atoms with Crippen molar-refractivity contribution in [3.63, 3.8) is 0 Å². The zero-order chi connectivity index (χ0) is 9.52. The maximum absolute atomic E-state index is 9.77. The number of H-pyrrole nitrogens is 2. The molecule has 0 amide bonds. The Morgan fingerprint density at radius 3 is 2.46 bits per heavy atom. The molecule has 2 aromatic heterocycles. The molecule has 0 spiro atoms. The highest BCUT2D eigenvalue weighted by atomic mass is 16.6. The minimum atomic E-state index is -0.583. The third-order valence-corrected chi connectivity index (χ3v) is 1.06. The first-order valence-corrected chi connectivity index (χ1v) is 3.37. The standard InChI is InChI=1S/C3H3N3O2.C3H4N2/c7-6(8)3-4-1-2-5-3;1-2-5-3-4-1/h1-2H,(H,4,5);1-3H,(H,4,5). The molecule has 2 N–H and O–H groups in total. The summed E-state index contributed by atoms with van der Waals surface area (Å²) in [5.41, 5.74) is 0. The number of nitrogens with zero attached hydrogens (tertiary/aromatic N) is 3. The molecular formula is C6H7N5O2. The van der Waals surface area contributed by atoms with Crippen LogP contribution in [0.5, 0.6) is 0 Å². The average Bonchev–Trinajstić information content (AvgIpc) is 2.82. The SMILES string of the molecule is O=[N+]([O-])c1ncc[nH]1.c1c[nH]cn1. The summed E-state index contributed by atoms with van der Waals surface area (Å²) in [5, 5.41) is 9.77. The Balaban J connectivity index is 0.000000145. The van der Waals surface area contributed by atoms with Gasteiger partial charge in [0.15, 0.2) is 0 Å². The molecule has 0 aliphatic heterocycles. The minimum absolute atomic E-state index is 0.218. The molecule has 0 saturated carbocycles. The van der Waals surface area contributed by atoms with Gasteiger partial charge in [0, 0.05) is 12.4 Å². The van der Waals surface area contributed by atoms with Crippen molar-refractivity contribution < 1.29 is 4.92 Å². The van der Waals surface area contributed by atoms with E-state index in [0.717, 1.165) is 0 Å². The number of hydrogen-bond acceptors (Lipinski definition) is 4. The summed E-state index contributed by atoms with van der Waals surface area (Å²) < 4.78 is 0. The Morgan fingerprint density at radius 1 is 1.38 bits per heavy atom. The van der Waals surface area contributed by atoms with Crippen LogP contribution in [0, 0.1) is 10.1 Å². The molecule has 0 aliphatic carbocycles. The smallest absolute Gasteiger partial charge is 0.390 e. The first-order chi connectivity index (χ1) is 6.30. The molecule has 0 saturated heterocycles. The summed E-state index contributed by atoms with van der Waals surface area (Å²) in [4.78, 5) is 21.3. The van der Waals surface area contributed by atoms with Crippen molar-refractivity contribution in [3.8, 4) is 0 Å². The van der Waals surface area contributed by atoms with E-state index < -0.39 is 4.92 Å². The Bertz CT molecular complexity index is 311. The van der Waals surface area contributed by atoms with E-state index in [0.29, 0.717) is 0 Å². The molecule has 0 bridgehead atoms. The Kier molecular flexibility index (Phi) is 3.19. The number of rotatable bonds is 1. The molecule has 0 fully saturated rings. The van der Waals surface area contributed by atoms with Crippen molar-refractivity contribution in [1.29, 1.82) is 0 Å². The summed E-state index contributed by atoms with van der Waals surface area (Å²) >= 11 is 0. The van der Waals surface area contributed by atoms with Gasteiger partial charge in [-0.1, -0.05) is 4.98 Å². The van der Waals surface area contributed by atoms with Crippen LogP contribution in [0.2, 0.25) is 0 Å². The molecule has 13 heavy (non-hydrogen) atoms. The lowest BCUT2D eigenvalue weighted by atomic mass is 11.0. The van der Waals surface area contributed by atoms with Crippen LogP contribution in [0.1, 0.15) is 0 Å². The fourth-order valence-electron chi connectivity index (χ4n) is 0.572. The van der Waals surface area contributed by atoms with E-state index in [1.165, 1.54) is 12.4 Å². The maximum atomic E-state index is 9.77. The van der Waals surface area contributed by atoms with Gasteiger partial charge in [-0.15, -0.1) is 0 Å². The zero-order valence-corrected chi connectivity index (χ0v) is 6.54. The van der Waals surface area contributed by atoms with Crippen LogP contribution >= 0.6 is 0 Å². The Labute approximate surface area is 73.0 Å². The first-order valence-electron chi connectivity index (χ1n) is 3.37. The summed E-state index contributed by atoms with van der Waals surface area (Å²) in [7, 11) is 0. The lowest BCUT2D eigenvalue weighted by Crippen LogP contribution is -1.88. The van der Waals surface area contributed by atoms with Crippen molar-refractivity contribution in [2.45, 2.75) is 0 Å². The van der Waals surface area contributed by atoms with Crippen molar-refractivity contribution in [2.24, 2.45) is 0 Å². The summed E-state index contributed by atoms with van der Waals surface area (Å²) in [5.74, 6) is -0.218. The summed E-state index contributed by atoms with van der Waals surface area (Å²) in [6, 6.07) is 0. The molecule has 0 atom stereocenters. The number of nitro groups is 1. The Morgan fingerprint density at radius 2 is 2.23 bits per heavy atom. The van der Waals surface area contributed by atoms with Gasteiger partial charge in [0.05, 0.1) is 12.5 Å². The fraction of sp³-hybridized carbons (Fsp3) is 0. The molecule has 7 nitrogen and oxygen atoms in total. The molecule has 0 radical (unpaired) electrons. The van der Waals surface area contributed by atoms with Crippen LogP contribution in [0.3, 0.4) is 0 Å². The van der Waals surface area contributed by atoms with Crippen LogP contribution in [-0.2, 0) is 0 Å². The first kappa shape index (κ1) is 8.91. The number of aromatic nitrogens is 4. The van der Waals surface area contributed by atoms with E-state index in [-0.39, 0.29) is 5.95 Å². The zero-order valence-electron chi connectivity index (χ0n) is 6.54. The molecule has 2 heterocycles. The van der Waals surface area contributed by atoms with Crippen LogP contribution in [0.15, 0.2) is 31.1 Å². The van der Waals surface area contributed by atoms with Crippen molar-refractivity contribution in [1.82, 2.24) is 19.9 Å². The van der Waals surface area contributed by atoms with Crippen molar-refractivity contribution in [3.05, 3.63) is 41.2 Å². The van der Waals surface area contributed by atoms with E-state index in [9.17, 15) is 10.1 Å². The molecule has 2 aromatic rings. The van der Waals surface area contributed by atoms with Crippen LogP contribution in [0.25, 0.3) is 0 Å². The fourth-order valence-corrected chi connectivity index (χ4v) is 0.572. The number of hydrogen-bond donors (Lipinski definition) is 2. The van der Waals surface area contributed by atoms with Gasteiger partial charge >= 0.3 is 5.95 Å². The molecule has 0 aliphatic rings. The van der Waals surface area contributed by atoms with E-state index in [1.807, 2.05) is 0 Å². The molecular weight excluding hydrogens is 174 g/mol. The van der Waals surface area contributed by atoms with Gasteiger partial charge in [-0.2, -0.15) is 0 Å². The van der Waals surface area contributed by atoms with Gasteiger partial charge in [-0.25, -0.2) is 9.97 Å². The van der Waals surface area contributed by atoms with Gasteiger partial charge in [0.1, 0.15) is 6.20 Å². The number of imidazole rings is 2. The highest BCUT2D eigenvalue weighted by Crippen LogP contribution is 1.96. The second-order valence-electron chi connectivity index (χ2n) is 1.93. The minimum Gasteiger partial charge on any atom is -0.390 e. The van der Waals surface area contributed by atoms with E-state index >= 15 is 0 Å². The van der Waals surface area contributed by atoms with E-state index in [1.54, 1.807) is 18.7 Å².